The van der Waals surface area contributed by atoms with E-state index in [0.717, 1.165) is 5.56 Å². The molecule has 2 rings (SSSR count). The molecule has 0 saturated carbocycles. The Balaban J connectivity index is 2.74. The molecule has 0 N–H and O–H groups in total. The maximum atomic E-state index is 8.70. The quantitative estimate of drug-likeness (QED) is 0.669. The van der Waals surface area contributed by atoms with Crippen molar-refractivity contribution in [2.75, 3.05) is 0 Å². The lowest BCUT2D eigenvalue weighted by Crippen LogP contribution is -1.82. The third-order valence-electron chi connectivity index (χ3n) is 2.50. The molecule has 70 valence electrons. The molecule has 0 unspecified atom stereocenters. The van der Waals surface area contributed by atoms with Gasteiger partial charge in [0, 0.05) is 24.1 Å². The lowest BCUT2D eigenvalue weighted by molar-refractivity contribution is 0.960. The van der Waals surface area contributed by atoms with Gasteiger partial charge >= 0.3 is 0 Å². The fourth-order valence-corrected chi connectivity index (χ4v) is 1.81. The van der Waals surface area contributed by atoms with E-state index in [9.17, 15) is 0 Å². The van der Waals surface area contributed by atoms with E-state index in [1.165, 1.54) is 16.5 Å². The van der Waals surface area contributed by atoms with Crippen LogP contribution in [0.2, 0.25) is 0 Å². The largest absolute Gasteiger partial charge is 0.350 e. The fourth-order valence-electron chi connectivity index (χ4n) is 1.81. The zero-order valence-electron chi connectivity index (χ0n) is 8.41. The van der Waals surface area contributed by atoms with Gasteiger partial charge in [0.05, 0.1) is 12.5 Å². The van der Waals surface area contributed by atoms with Gasteiger partial charge in [-0.3, -0.25) is 0 Å². The minimum Gasteiger partial charge on any atom is -0.350 e. The number of rotatable bonds is 1. The van der Waals surface area contributed by atoms with E-state index >= 15 is 0 Å². The van der Waals surface area contributed by atoms with Crippen LogP contribution in [-0.2, 0) is 13.5 Å². The molecule has 0 aliphatic rings. The molecule has 2 nitrogen and oxygen atoms in total. The SMILES string of the molecule is Cc1ccc2c(c1)c(CC#N)cn2C. The molecule has 0 atom stereocenters. The molecule has 0 bridgehead atoms. The van der Waals surface area contributed by atoms with Crippen LogP contribution in [-0.4, -0.2) is 4.57 Å². The molecular weight excluding hydrogens is 172 g/mol. The van der Waals surface area contributed by atoms with Crippen molar-refractivity contribution in [2.24, 2.45) is 7.05 Å². The Morgan fingerprint density at radius 3 is 2.93 bits per heavy atom. The highest BCUT2D eigenvalue weighted by molar-refractivity contribution is 5.84. The summed E-state index contributed by atoms with van der Waals surface area (Å²) in [6.45, 7) is 2.07. The highest BCUT2D eigenvalue weighted by Crippen LogP contribution is 2.21. The van der Waals surface area contributed by atoms with Gasteiger partial charge in [0.1, 0.15) is 0 Å². The minimum atomic E-state index is 0.487. The number of fused-ring (bicyclic) bond motifs is 1. The predicted octanol–water partition coefficient (Wildman–Crippen LogP) is 2.55. The molecule has 2 aromatic rings. The molecule has 1 aromatic heterocycles. The van der Waals surface area contributed by atoms with Crippen molar-refractivity contribution in [2.45, 2.75) is 13.3 Å². The first kappa shape index (κ1) is 8.83. The van der Waals surface area contributed by atoms with Crippen LogP contribution in [0.3, 0.4) is 0 Å². The van der Waals surface area contributed by atoms with Crippen LogP contribution in [0.4, 0.5) is 0 Å². The molecular formula is C12H12N2. The highest BCUT2D eigenvalue weighted by atomic mass is 14.9. The summed E-state index contributed by atoms with van der Waals surface area (Å²) in [7, 11) is 2.01. The second-order valence-electron chi connectivity index (χ2n) is 3.62. The number of hydrogen-bond acceptors (Lipinski definition) is 1. The Bertz CT molecular complexity index is 515. The first-order chi connectivity index (χ1) is 6.72. The van der Waals surface area contributed by atoms with Crippen LogP contribution < -0.4 is 0 Å². The molecule has 14 heavy (non-hydrogen) atoms. The third kappa shape index (κ3) is 1.27. The van der Waals surface area contributed by atoms with Crippen molar-refractivity contribution in [1.82, 2.24) is 4.57 Å². The van der Waals surface area contributed by atoms with Gasteiger partial charge in [-0.1, -0.05) is 11.6 Å². The topological polar surface area (TPSA) is 28.7 Å². The number of aromatic nitrogens is 1. The van der Waals surface area contributed by atoms with Crippen LogP contribution in [0.1, 0.15) is 11.1 Å². The Labute approximate surface area is 83.4 Å². The smallest absolute Gasteiger partial charge is 0.0670 e. The van der Waals surface area contributed by atoms with Gasteiger partial charge in [-0.2, -0.15) is 5.26 Å². The fraction of sp³-hybridized carbons (Fsp3) is 0.250. The molecule has 2 heteroatoms. The molecule has 0 radical (unpaired) electrons. The van der Waals surface area contributed by atoms with Crippen molar-refractivity contribution in [1.29, 1.82) is 5.26 Å². The van der Waals surface area contributed by atoms with E-state index in [1.807, 2.05) is 13.2 Å². The van der Waals surface area contributed by atoms with E-state index in [1.54, 1.807) is 0 Å². The van der Waals surface area contributed by atoms with Crippen LogP contribution in [0.5, 0.6) is 0 Å². The molecule has 0 aliphatic carbocycles. The van der Waals surface area contributed by atoms with E-state index in [0.29, 0.717) is 6.42 Å². The number of benzene rings is 1. The van der Waals surface area contributed by atoms with Crippen LogP contribution in [0.25, 0.3) is 10.9 Å². The van der Waals surface area contributed by atoms with Gasteiger partial charge in [0.2, 0.25) is 0 Å². The first-order valence-corrected chi connectivity index (χ1v) is 4.64. The van der Waals surface area contributed by atoms with Crippen molar-refractivity contribution in [3.63, 3.8) is 0 Å². The van der Waals surface area contributed by atoms with E-state index < -0.39 is 0 Å². The van der Waals surface area contributed by atoms with Crippen LogP contribution in [0.15, 0.2) is 24.4 Å². The molecule has 0 saturated heterocycles. The Morgan fingerprint density at radius 2 is 2.21 bits per heavy atom. The van der Waals surface area contributed by atoms with E-state index in [-0.39, 0.29) is 0 Å². The predicted molar refractivity (Wildman–Crippen MR) is 57.0 cm³/mol. The zero-order valence-corrected chi connectivity index (χ0v) is 8.41. The van der Waals surface area contributed by atoms with Gasteiger partial charge < -0.3 is 4.57 Å². The molecule has 0 spiro atoms. The summed E-state index contributed by atoms with van der Waals surface area (Å²) in [4.78, 5) is 0. The Kier molecular flexibility index (Phi) is 2.01. The molecule has 1 aromatic carbocycles. The second-order valence-corrected chi connectivity index (χ2v) is 3.62. The van der Waals surface area contributed by atoms with Crippen molar-refractivity contribution in [3.05, 3.63) is 35.5 Å². The Hall–Kier alpha value is -1.75. The van der Waals surface area contributed by atoms with Gasteiger partial charge in [0.15, 0.2) is 0 Å². The normalized spacial score (nSPS) is 10.4. The monoisotopic (exact) mass is 184 g/mol. The third-order valence-corrected chi connectivity index (χ3v) is 2.50. The summed E-state index contributed by atoms with van der Waals surface area (Å²) < 4.78 is 2.07. The second kappa shape index (κ2) is 3.19. The van der Waals surface area contributed by atoms with Gasteiger partial charge in [0.25, 0.3) is 0 Å². The summed E-state index contributed by atoms with van der Waals surface area (Å²) in [5, 5.41) is 9.90. The standard InChI is InChI=1S/C12H12N2/c1-9-3-4-12-11(7-9)10(5-6-13)8-14(12)2/h3-4,7-8H,5H2,1-2H3. The summed E-state index contributed by atoms with van der Waals surface area (Å²) >= 11 is 0. The average molecular weight is 184 g/mol. The lowest BCUT2D eigenvalue weighted by atomic mass is 10.1. The average Bonchev–Trinajstić information content (AvgIpc) is 2.44. The summed E-state index contributed by atoms with van der Waals surface area (Å²) in [6.07, 6.45) is 2.52. The van der Waals surface area contributed by atoms with E-state index in [2.05, 4.69) is 35.8 Å². The van der Waals surface area contributed by atoms with Crippen molar-refractivity contribution in [3.8, 4) is 6.07 Å². The zero-order chi connectivity index (χ0) is 10.1. The minimum absolute atomic E-state index is 0.487. The molecule has 0 aliphatic heterocycles. The maximum absolute atomic E-state index is 8.70. The summed E-state index contributed by atoms with van der Waals surface area (Å²) in [5.41, 5.74) is 3.55. The van der Waals surface area contributed by atoms with E-state index in [4.69, 9.17) is 5.26 Å². The van der Waals surface area contributed by atoms with Gasteiger partial charge in [-0.25, -0.2) is 0 Å². The molecule has 1 heterocycles. The summed E-state index contributed by atoms with van der Waals surface area (Å²) in [6, 6.07) is 8.53. The maximum Gasteiger partial charge on any atom is 0.0670 e. The van der Waals surface area contributed by atoms with Crippen LogP contribution in [0, 0.1) is 18.3 Å². The van der Waals surface area contributed by atoms with Crippen LogP contribution >= 0.6 is 0 Å². The van der Waals surface area contributed by atoms with Crippen molar-refractivity contribution >= 4 is 10.9 Å². The number of aryl methyl sites for hydroxylation is 2. The first-order valence-electron chi connectivity index (χ1n) is 4.64. The number of nitriles is 1. The van der Waals surface area contributed by atoms with Gasteiger partial charge in [-0.05, 0) is 24.6 Å². The number of hydrogen-bond donors (Lipinski definition) is 0. The molecule has 0 fully saturated rings. The highest BCUT2D eigenvalue weighted by Gasteiger charge is 2.05. The lowest BCUT2D eigenvalue weighted by Gasteiger charge is -1.96. The number of nitrogens with zero attached hydrogens (tertiary/aromatic N) is 2. The molecule has 0 amide bonds. The summed E-state index contributed by atoms with van der Waals surface area (Å²) in [5.74, 6) is 0. The van der Waals surface area contributed by atoms with Crippen molar-refractivity contribution < 1.29 is 0 Å². The van der Waals surface area contributed by atoms with Gasteiger partial charge in [-0.15, -0.1) is 0 Å². The Morgan fingerprint density at radius 1 is 1.43 bits per heavy atom.